The zero-order chi connectivity index (χ0) is 46.3. The zero-order valence-corrected chi connectivity index (χ0v) is 41.5. The van der Waals surface area contributed by atoms with Crippen molar-refractivity contribution >= 4 is 5.91 Å². The van der Waals surface area contributed by atoms with Gasteiger partial charge >= 0.3 is 0 Å². The Labute approximate surface area is 396 Å². The van der Waals surface area contributed by atoms with Crippen molar-refractivity contribution in [1.82, 2.24) is 5.32 Å². The molecule has 0 radical (unpaired) electrons. The number of rotatable bonds is 46. The molecular formula is C60H99NO3. The van der Waals surface area contributed by atoms with E-state index in [4.69, 9.17) is 0 Å². The molecule has 0 saturated carbocycles. The highest BCUT2D eigenvalue weighted by Gasteiger charge is 2.17. The van der Waals surface area contributed by atoms with E-state index >= 15 is 0 Å². The van der Waals surface area contributed by atoms with Crippen LogP contribution in [0.4, 0.5) is 0 Å². The second-order valence-corrected chi connectivity index (χ2v) is 17.2. The molecule has 0 aromatic rings. The van der Waals surface area contributed by atoms with E-state index in [2.05, 4.69) is 141 Å². The molecule has 0 saturated heterocycles. The van der Waals surface area contributed by atoms with Crippen LogP contribution < -0.4 is 5.32 Å². The summed E-state index contributed by atoms with van der Waals surface area (Å²) >= 11 is 0. The summed E-state index contributed by atoms with van der Waals surface area (Å²) in [5.41, 5.74) is 0. The Bertz CT molecular complexity index is 1320. The molecule has 4 nitrogen and oxygen atoms in total. The van der Waals surface area contributed by atoms with Gasteiger partial charge in [-0.25, -0.2) is 0 Å². The molecule has 1 amide bonds. The summed E-state index contributed by atoms with van der Waals surface area (Å²) in [6.07, 6.45) is 84.5. The van der Waals surface area contributed by atoms with Gasteiger partial charge in [0.15, 0.2) is 0 Å². The summed E-state index contributed by atoms with van der Waals surface area (Å²) in [4.78, 5) is 12.4. The van der Waals surface area contributed by atoms with Crippen LogP contribution in [0, 0.1) is 0 Å². The SMILES string of the molecule is CC/C=C\C/C=C\C/C=C\C/C=C\C/C=C\C/C=C\C/C=C\C/C=C\C/C=C\CCCCCCCCCCCCCC(=O)NC(CO)C(O)/C=C/CC/C=C/CCCCCCCCC. The minimum atomic E-state index is -0.870. The maximum Gasteiger partial charge on any atom is 0.220 e. The molecule has 0 aromatic carbocycles. The largest absolute Gasteiger partial charge is 0.394 e. The van der Waals surface area contributed by atoms with E-state index in [1.807, 2.05) is 6.08 Å². The third-order valence-corrected chi connectivity index (χ3v) is 11.1. The molecule has 0 spiro atoms. The molecule has 0 aliphatic carbocycles. The van der Waals surface area contributed by atoms with Crippen LogP contribution in [0.1, 0.15) is 219 Å². The van der Waals surface area contributed by atoms with Gasteiger partial charge in [0.1, 0.15) is 0 Å². The third-order valence-electron chi connectivity index (χ3n) is 11.1. The Morgan fingerprint density at radius 3 is 1.09 bits per heavy atom. The summed E-state index contributed by atoms with van der Waals surface area (Å²) in [6.45, 7) is 4.16. The highest BCUT2D eigenvalue weighted by molar-refractivity contribution is 5.76. The van der Waals surface area contributed by atoms with Crippen molar-refractivity contribution in [2.45, 2.75) is 231 Å². The average molecular weight is 882 g/mol. The van der Waals surface area contributed by atoms with Crippen molar-refractivity contribution in [2.24, 2.45) is 0 Å². The highest BCUT2D eigenvalue weighted by Crippen LogP contribution is 2.14. The molecule has 2 atom stereocenters. The van der Waals surface area contributed by atoms with Gasteiger partial charge in [0.05, 0.1) is 18.8 Å². The summed E-state index contributed by atoms with van der Waals surface area (Å²) < 4.78 is 0. The number of carbonyl (C=O) groups excluding carboxylic acids is 1. The fourth-order valence-corrected chi connectivity index (χ4v) is 7.13. The van der Waals surface area contributed by atoms with Crippen LogP contribution in [-0.2, 0) is 4.79 Å². The zero-order valence-electron chi connectivity index (χ0n) is 41.5. The Balaban J connectivity index is 3.62. The van der Waals surface area contributed by atoms with Gasteiger partial charge < -0.3 is 15.5 Å². The van der Waals surface area contributed by atoms with Crippen molar-refractivity contribution < 1.29 is 15.0 Å². The second-order valence-electron chi connectivity index (χ2n) is 17.2. The maximum atomic E-state index is 12.4. The number of unbranched alkanes of at least 4 members (excludes halogenated alkanes) is 19. The van der Waals surface area contributed by atoms with Gasteiger partial charge in [0.25, 0.3) is 0 Å². The first-order chi connectivity index (χ1) is 31.7. The van der Waals surface area contributed by atoms with Crippen LogP contribution in [0.15, 0.2) is 134 Å². The molecule has 0 heterocycles. The lowest BCUT2D eigenvalue weighted by Crippen LogP contribution is -2.45. The molecule has 0 aromatic heterocycles. The predicted octanol–water partition coefficient (Wildman–Crippen LogP) is 17.5. The van der Waals surface area contributed by atoms with Crippen LogP contribution in [0.2, 0.25) is 0 Å². The molecule has 64 heavy (non-hydrogen) atoms. The molecular weight excluding hydrogens is 783 g/mol. The number of amides is 1. The third kappa shape index (κ3) is 49.5. The standard InChI is InChI=1S/C60H99NO3/c1-3-5-7-9-11-13-15-17-18-19-20-21-22-23-24-25-26-27-28-29-30-31-32-33-34-35-36-37-38-39-40-41-42-44-46-48-50-52-54-56-60(64)61-58(57-62)59(63)55-53-51-49-47-45-43-16-14-12-10-8-6-4-2/h5,7,11,13,17-18,20-21,23-24,26-27,29-30,32-33,35-36,45,47,53,55,58-59,62-63H,3-4,6,8-10,12,14-16,19,22,25,28,31,34,37-44,46,48-52,54,56-57H2,1-2H3,(H,61,64)/b7-5-,13-11-,18-17-,21-20-,24-23-,27-26-,30-29-,33-32-,36-35-,47-45+,55-53+. The summed E-state index contributed by atoms with van der Waals surface area (Å²) in [6, 6.07) is -0.648. The Kier molecular flexibility index (Phi) is 50.9. The van der Waals surface area contributed by atoms with Gasteiger partial charge in [-0.1, -0.05) is 244 Å². The molecule has 4 heteroatoms. The van der Waals surface area contributed by atoms with Gasteiger partial charge in [-0.15, -0.1) is 0 Å². The van der Waals surface area contributed by atoms with Gasteiger partial charge in [-0.05, 0) is 103 Å². The molecule has 0 aliphatic rings. The van der Waals surface area contributed by atoms with E-state index in [1.165, 1.54) is 109 Å². The van der Waals surface area contributed by atoms with E-state index in [1.54, 1.807) is 6.08 Å². The first-order valence-corrected chi connectivity index (χ1v) is 26.4. The number of aliphatic hydroxyl groups excluding tert-OH is 2. The van der Waals surface area contributed by atoms with E-state index in [9.17, 15) is 15.0 Å². The first-order valence-electron chi connectivity index (χ1n) is 26.4. The number of carbonyl (C=O) groups is 1. The summed E-state index contributed by atoms with van der Waals surface area (Å²) in [5, 5.41) is 23.0. The van der Waals surface area contributed by atoms with Crippen LogP contribution in [0.5, 0.6) is 0 Å². The van der Waals surface area contributed by atoms with Crippen molar-refractivity contribution in [3.05, 3.63) is 134 Å². The Morgan fingerprint density at radius 1 is 0.391 bits per heavy atom. The highest BCUT2D eigenvalue weighted by atomic mass is 16.3. The molecule has 3 N–H and O–H groups in total. The molecule has 362 valence electrons. The van der Waals surface area contributed by atoms with Crippen LogP contribution in [0.3, 0.4) is 0 Å². The van der Waals surface area contributed by atoms with Gasteiger partial charge in [-0.3, -0.25) is 4.79 Å². The van der Waals surface area contributed by atoms with Crippen molar-refractivity contribution in [2.75, 3.05) is 6.61 Å². The van der Waals surface area contributed by atoms with Crippen LogP contribution >= 0.6 is 0 Å². The molecule has 0 bridgehead atoms. The van der Waals surface area contributed by atoms with E-state index in [-0.39, 0.29) is 12.5 Å². The van der Waals surface area contributed by atoms with Crippen molar-refractivity contribution in [3.63, 3.8) is 0 Å². The molecule has 2 unspecified atom stereocenters. The van der Waals surface area contributed by atoms with E-state index in [0.717, 1.165) is 89.9 Å². The molecule has 0 fully saturated rings. The summed E-state index contributed by atoms with van der Waals surface area (Å²) in [7, 11) is 0. The quantitative estimate of drug-likeness (QED) is 0.0421. The topological polar surface area (TPSA) is 69.6 Å². The lowest BCUT2D eigenvalue weighted by Gasteiger charge is -2.19. The minimum Gasteiger partial charge on any atom is -0.394 e. The predicted molar refractivity (Wildman–Crippen MR) is 285 cm³/mol. The van der Waals surface area contributed by atoms with Crippen molar-refractivity contribution in [3.8, 4) is 0 Å². The molecule has 0 aliphatic heterocycles. The number of hydrogen-bond acceptors (Lipinski definition) is 3. The lowest BCUT2D eigenvalue weighted by molar-refractivity contribution is -0.123. The smallest absolute Gasteiger partial charge is 0.220 e. The number of hydrogen-bond donors (Lipinski definition) is 3. The lowest BCUT2D eigenvalue weighted by atomic mass is 10.0. The fourth-order valence-electron chi connectivity index (χ4n) is 7.13. The maximum absolute atomic E-state index is 12.4. The minimum absolute atomic E-state index is 0.0838. The summed E-state index contributed by atoms with van der Waals surface area (Å²) in [5.74, 6) is -0.0838. The normalized spacial score (nSPS) is 14.0. The number of nitrogens with one attached hydrogen (secondary N) is 1. The van der Waals surface area contributed by atoms with E-state index in [0.29, 0.717) is 6.42 Å². The monoisotopic (exact) mass is 882 g/mol. The second kappa shape index (κ2) is 53.9. The number of aliphatic hydroxyl groups is 2. The van der Waals surface area contributed by atoms with Crippen molar-refractivity contribution in [1.29, 1.82) is 0 Å². The number of allylic oxidation sites excluding steroid dienone is 21. The van der Waals surface area contributed by atoms with Crippen LogP contribution in [0.25, 0.3) is 0 Å². The first kappa shape index (κ1) is 60.5. The van der Waals surface area contributed by atoms with Crippen LogP contribution in [-0.4, -0.2) is 34.9 Å². The van der Waals surface area contributed by atoms with Gasteiger partial charge in [-0.2, -0.15) is 0 Å². The molecule has 0 rings (SSSR count). The Hall–Kier alpha value is -3.47. The van der Waals surface area contributed by atoms with Gasteiger partial charge in [0.2, 0.25) is 5.91 Å². The van der Waals surface area contributed by atoms with Gasteiger partial charge in [0, 0.05) is 6.42 Å². The fraction of sp³-hybridized carbons (Fsp3) is 0.617. The Morgan fingerprint density at radius 2 is 0.703 bits per heavy atom. The average Bonchev–Trinajstić information content (AvgIpc) is 3.30. The van der Waals surface area contributed by atoms with E-state index < -0.39 is 12.1 Å².